The molecule has 1 saturated heterocycles. The van der Waals surface area contributed by atoms with Gasteiger partial charge >= 0.3 is 0 Å². The predicted molar refractivity (Wildman–Crippen MR) is 113 cm³/mol. The van der Waals surface area contributed by atoms with E-state index in [1.54, 1.807) is 6.92 Å². The third-order valence-corrected chi connectivity index (χ3v) is 5.73. The molecule has 0 aromatic carbocycles. The van der Waals surface area contributed by atoms with Crippen molar-refractivity contribution in [3.63, 3.8) is 0 Å². The highest BCUT2D eigenvalue weighted by Gasteiger charge is 2.43. The minimum atomic E-state index is -1.34. The number of nitrogens with one attached hydrogen (secondary N) is 1. The van der Waals surface area contributed by atoms with Crippen LogP contribution in [-0.2, 0) is 4.74 Å². The number of hydrogen-bond donors (Lipinski definition) is 2. The Morgan fingerprint density at radius 3 is 2.64 bits per heavy atom. The van der Waals surface area contributed by atoms with E-state index in [9.17, 15) is 32.7 Å². The number of fused-ring (bicyclic) bond motifs is 3. The molecule has 1 aromatic rings. The lowest BCUT2D eigenvalue weighted by molar-refractivity contribution is -0.0176. The molecule has 2 amide bonds. The van der Waals surface area contributed by atoms with E-state index in [0.29, 0.717) is 25.6 Å². The number of amides is 2. The number of allylic oxidation sites excluding steroid dienone is 3. The lowest BCUT2D eigenvalue weighted by atomic mass is 9.96. The van der Waals surface area contributed by atoms with Gasteiger partial charge in [-0.3, -0.25) is 14.4 Å². The Kier molecular flexibility index (Phi) is 7.11. The highest BCUT2D eigenvalue weighted by Crippen LogP contribution is 2.35. The molecular formula is C22H24F3N3O5. The van der Waals surface area contributed by atoms with E-state index in [2.05, 4.69) is 11.9 Å². The molecule has 3 rings (SSSR count). The first-order valence-electron chi connectivity index (χ1n) is 10.3. The van der Waals surface area contributed by atoms with Gasteiger partial charge in [-0.25, -0.2) is 13.2 Å². The molecule has 8 nitrogen and oxygen atoms in total. The van der Waals surface area contributed by atoms with Crippen LogP contribution in [0.4, 0.5) is 13.2 Å². The zero-order valence-electron chi connectivity index (χ0n) is 18.2. The van der Waals surface area contributed by atoms with Crippen molar-refractivity contribution in [2.75, 3.05) is 26.3 Å². The SMILES string of the molecule is C=C(F)/C(=C\C(F)=C(/C)F)CNC(=O)c1cn2c(c(O)c1=O)C(=O)N(CC)[C@@H]1COCC[C@@H]12. The van der Waals surface area contributed by atoms with Crippen LogP contribution in [0.2, 0.25) is 0 Å². The van der Waals surface area contributed by atoms with Crippen LogP contribution in [-0.4, -0.2) is 58.7 Å². The summed E-state index contributed by atoms with van der Waals surface area (Å²) in [6, 6.07) is -0.679. The van der Waals surface area contributed by atoms with Crippen LogP contribution in [0.25, 0.3) is 0 Å². The van der Waals surface area contributed by atoms with E-state index < -0.39 is 58.2 Å². The fourth-order valence-electron chi connectivity index (χ4n) is 4.00. The summed E-state index contributed by atoms with van der Waals surface area (Å²) in [6.45, 7) is 6.01. The van der Waals surface area contributed by atoms with Gasteiger partial charge in [0.15, 0.2) is 17.3 Å². The second-order valence-corrected chi connectivity index (χ2v) is 7.70. The molecule has 0 saturated carbocycles. The maximum absolute atomic E-state index is 13.6. The predicted octanol–water partition coefficient (Wildman–Crippen LogP) is 2.67. The summed E-state index contributed by atoms with van der Waals surface area (Å²) >= 11 is 0. The summed E-state index contributed by atoms with van der Waals surface area (Å²) in [5.74, 6) is -6.05. The number of aromatic hydroxyl groups is 1. The Bertz CT molecular complexity index is 1120. The second kappa shape index (κ2) is 9.65. The van der Waals surface area contributed by atoms with Crippen LogP contribution in [0.15, 0.2) is 46.7 Å². The Morgan fingerprint density at radius 2 is 2.03 bits per heavy atom. The van der Waals surface area contributed by atoms with Crippen molar-refractivity contribution in [2.45, 2.75) is 32.4 Å². The highest BCUT2D eigenvalue weighted by atomic mass is 19.2. The summed E-state index contributed by atoms with van der Waals surface area (Å²) < 4.78 is 47.0. The monoisotopic (exact) mass is 467 g/mol. The molecule has 0 unspecified atom stereocenters. The number of hydrogen-bond acceptors (Lipinski definition) is 5. The first-order chi connectivity index (χ1) is 15.6. The van der Waals surface area contributed by atoms with Crippen LogP contribution >= 0.6 is 0 Å². The van der Waals surface area contributed by atoms with E-state index in [1.807, 2.05) is 0 Å². The van der Waals surface area contributed by atoms with Crippen molar-refractivity contribution < 1.29 is 32.6 Å². The molecule has 3 heterocycles. The zero-order chi connectivity index (χ0) is 24.4. The van der Waals surface area contributed by atoms with Gasteiger partial charge in [0.2, 0.25) is 5.43 Å². The molecule has 0 bridgehead atoms. The van der Waals surface area contributed by atoms with Crippen molar-refractivity contribution in [2.24, 2.45) is 0 Å². The van der Waals surface area contributed by atoms with Gasteiger partial charge in [-0.1, -0.05) is 6.58 Å². The van der Waals surface area contributed by atoms with E-state index >= 15 is 0 Å². The van der Waals surface area contributed by atoms with Crippen molar-refractivity contribution in [3.05, 3.63) is 63.4 Å². The van der Waals surface area contributed by atoms with Crippen molar-refractivity contribution in [3.8, 4) is 5.75 Å². The smallest absolute Gasteiger partial charge is 0.274 e. The van der Waals surface area contributed by atoms with E-state index in [-0.39, 0.29) is 24.4 Å². The molecule has 11 heteroatoms. The minimum Gasteiger partial charge on any atom is -0.503 e. The summed E-state index contributed by atoms with van der Waals surface area (Å²) in [5, 5.41) is 12.8. The Morgan fingerprint density at radius 1 is 1.33 bits per heavy atom. The summed E-state index contributed by atoms with van der Waals surface area (Å²) in [4.78, 5) is 39.8. The molecule has 0 aliphatic carbocycles. The van der Waals surface area contributed by atoms with Crippen molar-refractivity contribution in [1.82, 2.24) is 14.8 Å². The van der Waals surface area contributed by atoms with E-state index in [4.69, 9.17) is 4.74 Å². The molecule has 0 radical (unpaired) electrons. The maximum atomic E-state index is 13.6. The van der Waals surface area contributed by atoms with Crippen molar-refractivity contribution in [1.29, 1.82) is 0 Å². The molecule has 2 aliphatic rings. The summed E-state index contributed by atoms with van der Waals surface area (Å²) in [5.41, 5.74) is -2.23. The third kappa shape index (κ3) is 4.58. The average molecular weight is 467 g/mol. The second-order valence-electron chi connectivity index (χ2n) is 7.70. The normalized spacial score (nSPS) is 21.2. The van der Waals surface area contributed by atoms with Gasteiger partial charge in [-0.2, -0.15) is 0 Å². The maximum Gasteiger partial charge on any atom is 0.274 e. The number of nitrogens with zero attached hydrogens (tertiary/aromatic N) is 2. The molecule has 1 aromatic heterocycles. The number of aromatic nitrogens is 1. The number of rotatable bonds is 6. The van der Waals surface area contributed by atoms with Gasteiger partial charge in [-0.05, 0) is 26.3 Å². The van der Waals surface area contributed by atoms with Gasteiger partial charge in [0, 0.05) is 31.5 Å². The Balaban J connectivity index is 1.97. The van der Waals surface area contributed by atoms with Crippen molar-refractivity contribution >= 4 is 11.8 Å². The van der Waals surface area contributed by atoms with Crippen LogP contribution in [0, 0.1) is 0 Å². The minimum absolute atomic E-state index is 0.218. The summed E-state index contributed by atoms with van der Waals surface area (Å²) in [7, 11) is 0. The molecule has 1 fully saturated rings. The quantitative estimate of drug-likeness (QED) is 0.627. The van der Waals surface area contributed by atoms with Gasteiger partial charge in [0.05, 0.1) is 18.7 Å². The average Bonchev–Trinajstić information content (AvgIpc) is 2.78. The van der Waals surface area contributed by atoms with Crippen LogP contribution in [0.3, 0.4) is 0 Å². The van der Waals surface area contributed by atoms with E-state index in [0.717, 1.165) is 6.92 Å². The van der Waals surface area contributed by atoms with Crippen LogP contribution in [0.1, 0.15) is 47.2 Å². The number of ether oxygens (including phenoxy) is 1. The zero-order valence-corrected chi connectivity index (χ0v) is 18.2. The first-order valence-corrected chi connectivity index (χ1v) is 10.3. The lowest BCUT2D eigenvalue weighted by Crippen LogP contribution is -2.55. The molecule has 33 heavy (non-hydrogen) atoms. The summed E-state index contributed by atoms with van der Waals surface area (Å²) in [6.07, 6.45) is 2.20. The van der Waals surface area contributed by atoms with Gasteiger partial charge in [-0.15, -0.1) is 0 Å². The fraction of sp³-hybridized carbons (Fsp3) is 0.409. The molecule has 2 atom stereocenters. The topological polar surface area (TPSA) is 101 Å². The van der Waals surface area contributed by atoms with Gasteiger partial charge < -0.3 is 24.6 Å². The fourth-order valence-corrected chi connectivity index (χ4v) is 4.00. The van der Waals surface area contributed by atoms with E-state index in [1.165, 1.54) is 15.7 Å². The Hall–Kier alpha value is -3.34. The highest BCUT2D eigenvalue weighted by molar-refractivity contribution is 5.99. The van der Waals surface area contributed by atoms with Crippen LogP contribution < -0.4 is 10.7 Å². The molecular weight excluding hydrogens is 443 g/mol. The number of carbonyl (C=O) groups is 2. The van der Waals surface area contributed by atoms with Gasteiger partial charge in [0.1, 0.15) is 17.2 Å². The number of carbonyl (C=O) groups excluding carboxylic acids is 2. The molecule has 2 N–H and O–H groups in total. The number of pyridine rings is 1. The number of halogens is 3. The Labute approximate surface area is 187 Å². The van der Waals surface area contributed by atoms with Gasteiger partial charge in [0.25, 0.3) is 11.8 Å². The molecule has 2 aliphatic heterocycles. The number of likely N-dealkylation sites (N-methyl/N-ethyl adjacent to an activating group) is 1. The van der Waals surface area contributed by atoms with Crippen LogP contribution in [0.5, 0.6) is 5.75 Å². The standard InChI is InChI=1S/C22H24F3N3O5/c1-4-27-17-10-33-6-5-16(17)28-9-14(19(29)20(30)18(28)22(27)32)21(31)26-8-13(11(2)23)7-15(25)12(3)24/h7,9,16-17,30H,2,4-6,8,10H2,1,3H3,(H,26,31)/b13-7-,15-12-/t16-,17+/m0/s1. The molecule has 0 spiro atoms. The molecule has 178 valence electrons. The lowest BCUT2D eigenvalue weighted by Gasteiger charge is -2.45. The largest absolute Gasteiger partial charge is 0.503 e. The first kappa shape index (κ1) is 24.3. The third-order valence-electron chi connectivity index (χ3n) is 5.73.